The Bertz CT molecular complexity index is 3720. The second-order valence-corrected chi connectivity index (χ2v) is 32.0. The Balaban J connectivity index is 1.01. The number of anilines is 2. The molecule has 0 spiro atoms. The minimum atomic E-state index is -2.19. The molecular weight excluding hydrogens is 1360 g/mol. The highest BCUT2D eigenvalue weighted by molar-refractivity contribution is 6.02. The quantitative estimate of drug-likeness (QED) is 0.123. The Morgan fingerprint density at radius 2 is 0.962 bits per heavy atom. The van der Waals surface area contributed by atoms with Crippen molar-refractivity contribution in [3.63, 3.8) is 0 Å². The van der Waals surface area contributed by atoms with Crippen LogP contribution in [0.4, 0.5) is 11.4 Å². The van der Waals surface area contributed by atoms with Gasteiger partial charge in [0.1, 0.15) is 71.7 Å². The number of carbonyl (C=O) groups is 12. The molecule has 20 atom stereocenters. The van der Waals surface area contributed by atoms with Crippen LogP contribution in [-0.4, -0.2) is 222 Å². The molecule has 1 unspecified atom stereocenters. The normalized spacial score (nSPS) is 33.9. The van der Waals surface area contributed by atoms with Gasteiger partial charge in [-0.3, -0.25) is 58.0 Å². The first kappa shape index (κ1) is 79.2. The van der Waals surface area contributed by atoms with Gasteiger partial charge in [-0.05, 0) is 117 Å². The van der Waals surface area contributed by atoms with Crippen LogP contribution in [0.1, 0.15) is 153 Å². The fourth-order valence-corrected chi connectivity index (χ4v) is 16.0. The van der Waals surface area contributed by atoms with Crippen LogP contribution in [0.5, 0.6) is 0 Å². The molecule has 9 amide bonds. The summed E-state index contributed by atoms with van der Waals surface area (Å²) in [5, 5.41) is 85.4. The van der Waals surface area contributed by atoms with Gasteiger partial charge >= 0.3 is 11.9 Å². The molecule has 7 heterocycles. The Kier molecular flexibility index (Phi) is 23.5. The fourth-order valence-electron chi connectivity index (χ4n) is 16.0. The van der Waals surface area contributed by atoms with Gasteiger partial charge in [0, 0.05) is 48.4 Å². The number of ketones is 1. The van der Waals surface area contributed by atoms with E-state index in [0.29, 0.717) is 29.8 Å². The molecule has 7 aliphatic heterocycles. The summed E-state index contributed by atoms with van der Waals surface area (Å²) in [6.45, 7) is 22.7. The molecule has 0 aromatic heterocycles. The van der Waals surface area contributed by atoms with Crippen molar-refractivity contribution in [1.82, 2.24) is 57.7 Å². The molecule has 8 aliphatic rings. The van der Waals surface area contributed by atoms with E-state index in [1.54, 1.807) is 106 Å². The maximum Gasteiger partial charge on any atom is 0.329 e. The maximum absolute atomic E-state index is 15.6. The molecule has 15 N–H and O–H groups in total. The van der Waals surface area contributed by atoms with Gasteiger partial charge in [-0.25, -0.2) is 20.4 Å². The zero-order valence-corrected chi connectivity index (χ0v) is 62.0. The summed E-state index contributed by atoms with van der Waals surface area (Å²) in [6, 6.07) is -5.15. The molecule has 0 bridgehead atoms. The standard InChI is InChI=1S/C73H105N13O19/c1-30(2)22-46-61(92)82-54(36(13)87)56(90)51-41(60(91)80-52(32(5)6)69(100)104-57(34(9)10)67(98)85-48(63(94)77-46)16-15-21-74-85)27-72(102)42-24-38(17-19-44(42)76-59(51)72)39-18-20-45-43(25-39)73(103)28-50-65(96)81-53(33(7)8)70(101)105-58(35(11)12)68(99)86-49(26-40(89)29-75-86)64(95)78-47(23-31(3)4)62(93)83-55(37(14)88)66(97)84(50)71(73)79-45/h17-20,24-25,30-37,40-41,46-55,57-59,71,74-76,79,87-89,102-103H,15-16,21-23,26-29H2,1-14H3,(H,77,94)(H,78,95)(H,80,91)(H,81,96)(H,82,92)(H,83,93)/t36-,37+,40-,41+,46-,47+,48+,49-,50+,51?,52+,53-,54+,55-,57-,58+,59-,71+,72+,73-/m0/s1. The first-order valence-corrected chi connectivity index (χ1v) is 36.8. The van der Waals surface area contributed by atoms with Gasteiger partial charge in [0.2, 0.25) is 41.4 Å². The second kappa shape index (κ2) is 31.2. The third-order valence-corrected chi connectivity index (χ3v) is 21.6. The van der Waals surface area contributed by atoms with Crippen molar-refractivity contribution in [3.05, 3.63) is 47.5 Å². The summed E-state index contributed by atoms with van der Waals surface area (Å²) in [4.78, 5) is 179. The van der Waals surface area contributed by atoms with Crippen LogP contribution in [-0.2, 0) is 78.2 Å². The second-order valence-electron chi connectivity index (χ2n) is 32.0. The van der Waals surface area contributed by atoms with E-state index >= 15 is 19.2 Å². The molecule has 10 rings (SSSR count). The number of hydrogen-bond donors (Lipinski definition) is 15. The fraction of sp³-hybridized carbons (Fsp3) is 0.671. The van der Waals surface area contributed by atoms with Crippen LogP contribution in [0.25, 0.3) is 11.1 Å². The number of cyclic esters (lactones) is 2. The van der Waals surface area contributed by atoms with Crippen molar-refractivity contribution in [2.75, 3.05) is 23.7 Å². The number of nitrogens with one attached hydrogen (secondary N) is 10. The number of nitrogens with zero attached hydrogens (tertiary/aromatic N) is 3. The zero-order chi connectivity index (χ0) is 77.1. The average molecular weight is 1470 g/mol. The number of carbonyl (C=O) groups excluding carboxylic acids is 12. The first-order valence-electron chi connectivity index (χ1n) is 36.8. The van der Waals surface area contributed by atoms with Crippen molar-refractivity contribution in [2.45, 2.75) is 250 Å². The predicted octanol–water partition coefficient (Wildman–Crippen LogP) is -0.720. The number of aliphatic hydroxyl groups is 5. The van der Waals surface area contributed by atoms with Gasteiger partial charge in [0.25, 0.3) is 11.8 Å². The van der Waals surface area contributed by atoms with Crippen LogP contribution >= 0.6 is 0 Å². The Labute approximate surface area is 610 Å². The average Bonchev–Trinajstić information content (AvgIpc) is 1.55. The van der Waals surface area contributed by atoms with Crippen molar-refractivity contribution >= 4 is 82.3 Å². The lowest BCUT2D eigenvalue weighted by Crippen LogP contribution is -2.67. The predicted molar refractivity (Wildman–Crippen MR) is 376 cm³/mol. The molecule has 1 aliphatic carbocycles. The number of ether oxygens (including phenoxy) is 2. The van der Waals surface area contributed by atoms with E-state index in [0.717, 1.165) is 14.9 Å². The summed E-state index contributed by atoms with van der Waals surface area (Å²) in [6.07, 6.45) is -9.70. The van der Waals surface area contributed by atoms with E-state index < -0.39 is 228 Å². The van der Waals surface area contributed by atoms with Crippen molar-refractivity contribution in [1.29, 1.82) is 0 Å². The summed E-state index contributed by atoms with van der Waals surface area (Å²) < 4.78 is 11.9. The van der Waals surface area contributed by atoms with Crippen LogP contribution in [0.2, 0.25) is 0 Å². The monoisotopic (exact) mass is 1470 g/mol. The summed E-state index contributed by atoms with van der Waals surface area (Å²) in [5.74, 6) is -17.2. The largest absolute Gasteiger partial charge is 0.450 e. The number of hydrogen-bond acceptors (Lipinski definition) is 23. The minimum absolute atomic E-state index is 0.0262. The first-order chi connectivity index (χ1) is 49.3. The van der Waals surface area contributed by atoms with E-state index in [2.05, 4.69) is 53.4 Å². The van der Waals surface area contributed by atoms with Crippen LogP contribution in [0, 0.1) is 47.3 Å². The van der Waals surface area contributed by atoms with Crippen LogP contribution in [0.15, 0.2) is 36.4 Å². The number of aliphatic hydroxyl groups excluding tert-OH is 3. The molecule has 2 aromatic rings. The van der Waals surface area contributed by atoms with Crippen molar-refractivity contribution < 1.29 is 92.5 Å². The Hall–Kier alpha value is -8.40. The molecule has 0 radical (unpaired) electrons. The maximum atomic E-state index is 15.6. The number of benzene rings is 2. The minimum Gasteiger partial charge on any atom is -0.450 e. The van der Waals surface area contributed by atoms with E-state index in [4.69, 9.17) is 9.47 Å². The lowest BCUT2D eigenvalue weighted by atomic mass is 9.83. The topological polar surface area (TPSA) is 454 Å². The Morgan fingerprint density at radius 3 is 1.47 bits per heavy atom. The van der Waals surface area contributed by atoms with Crippen molar-refractivity contribution in [3.8, 4) is 11.1 Å². The van der Waals surface area contributed by atoms with E-state index in [1.165, 1.54) is 13.8 Å². The van der Waals surface area contributed by atoms with E-state index in [9.17, 15) is 63.9 Å². The molecule has 105 heavy (non-hydrogen) atoms. The molecule has 32 nitrogen and oxygen atoms in total. The smallest absolute Gasteiger partial charge is 0.329 e. The number of esters is 2. The van der Waals surface area contributed by atoms with Gasteiger partial charge in [0.05, 0.1) is 36.2 Å². The highest BCUT2D eigenvalue weighted by Gasteiger charge is 2.65. The highest BCUT2D eigenvalue weighted by atomic mass is 16.6. The summed E-state index contributed by atoms with van der Waals surface area (Å²) in [7, 11) is 0. The van der Waals surface area contributed by atoms with Crippen LogP contribution < -0.4 is 53.4 Å². The molecule has 2 aromatic carbocycles. The Morgan fingerprint density at radius 1 is 0.495 bits per heavy atom. The molecule has 1 saturated carbocycles. The molecule has 576 valence electrons. The number of rotatable bonds is 11. The van der Waals surface area contributed by atoms with Crippen molar-refractivity contribution in [2.24, 2.45) is 47.3 Å². The van der Waals surface area contributed by atoms with Gasteiger partial charge < -0.3 is 82.4 Å². The number of fused-ring (bicyclic) bond motifs is 12. The third-order valence-electron chi connectivity index (χ3n) is 21.6. The van der Waals surface area contributed by atoms with E-state index in [-0.39, 0.29) is 60.9 Å². The van der Waals surface area contributed by atoms with Gasteiger partial charge in [0.15, 0.2) is 18.0 Å². The van der Waals surface area contributed by atoms with Gasteiger partial charge in [-0.2, -0.15) is 0 Å². The van der Waals surface area contributed by atoms with E-state index in [1.807, 2.05) is 13.8 Å². The lowest BCUT2D eigenvalue weighted by molar-refractivity contribution is -0.172. The van der Waals surface area contributed by atoms with Gasteiger partial charge in [-0.1, -0.05) is 95.2 Å². The number of amides is 9. The molecule has 32 heteroatoms. The molecule has 5 saturated heterocycles. The summed E-state index contributed by atoms with van der Waals surface area (Å²) >= 11 is 0. The lowest BCUT2D eigenvalue weighted by Gasteiger charge is -2.40. The van der Waals surface area contributed by atoms with Gasteiger partial charge in [-0.15, -0.1) is 0 Å². The summed E-state index contributed by atoms with van der Waals surface area (Å²) in [5.41, 5.74) is 3.15. The number of Topliss-reactive ketones (excluding diaryl/α,β-unsaturated/α-hetero) is 1. The number of β-amino-alcohol motifs (C(OH)–C–C–N with tert-alkyl or cyclic N) is 1. The number of hydrazine groups is 2. The molecular formula is C73H105N13O19. The van der Waals surface area contributed by atoms with Crippen LogP contribution in [0.3, 0.4) is 0 Å². The zero-order valence-electron chi connectivity index (χ0n) is 62.0. The highest BCUT2D eigenvalue weighted by Crippen LogP contribution is 2.56. The molecule has 6 fully saturated rings. The SMILES string of the molecule is CC(C)C[C@@H]1NC(=O)[C@H]2CCCNN2C(=O)[C@H](C(C)C)OC(=O)[C@@H](C(C)C)NC(=O)[C@@H]2C[C@@]3(O)c4cc(-c5ccc6c(c5)[C@@]5(O)C[C@@H]7C(=O)N[C@@H](C(C)C)C(=O)O[C@H](C(C)C)C(=O)N8NC[C@@H](O)C[C@H]8C(=O)N[C@H](CC(C)C)C(=O)N[C@@H]([C@@H](C)O)C(=O)N7[C@H]5N6)ccc4N[C@H]3C2C(=O)[C@@H]([C@H](C)O)NC1=O. The third kappa shape index (κ3) is 15.6.